The molecule has 0 heterocycles. The van der Waals surface area contributed by atoms with Gasteiger partial charge in [-0.05, 0) is 37.0 Å². The van der Waals surface area contributed by atoms with Crippen LogP contribution in [0.2, 0.25) is 0 Å². The lowest BCUT2D eigenvalue weighted by Crippen LogP contribution is -1.99. The SMILES string of the molecule is CCC(C)CCCCOc1ccc(O)c(C=O)c1. The Labute approximate surface area is 109 Å². The van der Waals surface area contributed by atoms with Crippen molar-refractivity contribution in [1.29, 1.82) is 0 Å². The molecule has 0 aliphatic heterocycles. The highest BCUT2D eigenvalue weighted by Gasteiger charge is 2.03. The van der Waals surface area contributed by atoms with E-state index in [1.807, 2.05) is 0 Å². The molecule has 3 heteroatoms. The topological polar surface area (TPSA) is 46.5 Å². The molecule has 1 N–H and O–H groups in total. The number of ether oxygens (including phenoxy) is 1. The van der Waals surface area contributed by atoms with Crippen LogP contribution in [0.5, 0.6) is 11.5 Å². The van der Waals surface area contributed by atoms with Gasteiger partial charge in [0.05, 0.1) is 12.2 Å². The number of unbranched alkanes of at least 4 members (excludes halogenated alkanes) is 1. The quantitative estimate of drug-likeness (QED) is 0.564. The van der Waals surface area contributed by atoms with Crippen LogP contribution in [0.3, 0.4) is 0 Å². The smallest absolute Gasteiger partial charge is 0.153 e. The van der Waals surface area contributed by atoms with Crippen molar-refractivity contribution in [3.8, 4) is 11.5 Å². The average Bonchev–Trinajstić information content (AvgIpc) is 2.39. The first-order chi connectivity index (χ1) is 8.67. The van der Waals surface area contributed by atoms with Crippen LogP contribution in [-0.4, -0.2) is 18.0 Å². The summed E-state index contributed by atoms with van der Waals surface area (Å²) in [7, 11) is 0. The van der Waals surface area contributed by atoms with Crippen molar-refractivity contribution in [3.63, 3.8) is 0 Å². The Hall–Kier alpha value is -1.51. The van der Waals surface area contributed by atoms with E-state index in [0.717, 1.165) is 18.8 Å². The lowest BCUT2D eigenvalue weighted by molar-refractivity contribution is 0.112. The lowest BCUT2D eigenvalue weighted by atomic mass is 10.0. The first kappa shape index (κ1) is 14.6. The zero-order valence-corrected chi connectivity index (χ0v) is 11.2. The number of aldehydes is 1. The molecule has 1 unspecified atom stereocenters. The third-order valence-electron chi connectivity index (χ3n) is 3.18. The maximum Gasteiger partial charge on any atom is 0.153 e. The maximum absolute atomic E-state index is 10.6. The minimum atomic E-state index is -0.00544. The summed E-state index contributed by atoms with van der Waals surface area (Å²) < 4.78 is 5.55. The molecular weight excluding hydrogens is 228 g/mol. The van der Waals surface area contributed by atoms with Crippen LogP contribution in [0.1, 0.15) is 49.9 Å². The van der Waals surface area contributed by atoms with E-state index >= 15 is 0 Å². The van der Waals surface area contributed by atoms with Crippen LogP contribution < -0.4 is 4.74 Å². The second kappa shape index (κ2) is 7.75. The first-order valence-corrected chi connectivity index (χ1v) is 6.58. The third-order valence-corrected chi connectivity index (χ3v) is 3.18. The molecule has 100 valence electrons. The van der Waals surface area contributed by atoms with Gasteiger partial charge < -0.3 is 9.84 Å². The Balaban J connectivity index is 2.29. The van der Waals surface area contributed by atoms with Crippen LogP contribution >= 0.6 is 0 Å². The summed E-state index contributed by atoms with van der Waals surface area (Å²) >= 11 is 0. The van der Waals surface area contributed by atoms with Gasteiger partial charge in [-0.1, -0.05) is 26.7 Å². The van der Waals surface area contributed by atoms with Gasteiger partial charge in [-0.3, -0.25) is 4.79 Å². The van der Waals surface area contributed by atoms with Crippen molar-refractivity contribution >= 4 is 6.29 Å². The number of aromatic hydroxyl groups is 1. The molecule has 18 heavy (non-hydrogen) atoms. The molecule has 0 bridgehead atoms. The second-order valence-corrected chi connectivity index (χ2v) is 4.70. The summed E-state index contributed by atoms with van der Waals surface area (Å²) in [4.78, 5) is 10.6. The third kappa shape index (κ3) is 4.78. The van der Waals surface area contributed by atoms with Crippen molar-refractivity contribution in [2.45, 2.75) is 39.5 Å². The van der Waals surface area contributed by atoms with Crippen LogP contribution in [0.25, 0.3) is 0 Å². The largest absolute Gasteiger partial charge is 0.507 e. The van der Waals surface area contributed by atoms with Gasteiger partial charge in [-0.2, -0.15) is 0 Å². The van der Waals surface area contributed by atoms with Gasteiger partial charge in [0.1, 0.15) is 11.5 Å². The average molecular weight is 250 g/mol. The summed E-state index contributed by atoms with van der Waals surface area (Å²) in [5.41, 5.74) is 0.270. The van der Waals surface area contributed by atoms with Gasteiger partial charge in [0.15, 0.2) is 6.29 Å². The highest BCUT2D eigenvalue weighted by molar-refractivity contribution is 5.79. The molecule has 1 rings (SSSR count). The van der Waals surface area contributed by atoms with E-state index in [-0.39, 0.29) is 11.3 Å². The van der Waals surface area contributed by atoms with Crippen molar-refractivity contribution in [2.24, 2.45) is 5.92 Å². The zero-order valence-electron chi connectivity index (χ0n) is 11.2. The lowest BCUT2D eigenvalue weighted by Gasteiger charge is -2.09. The van der Waals surface area contributed by atoms with Crippen LogP contribution in [0.15, 0.2) is 18.2 Å². The molecule has 0 saturated carbocycles. The summed E-state index contributed by atoms with van der Waals surface area (Å²) in [5, 5.41) is 9.35. The second-order valence-electron chi connectivity index (χ2n) is 4.70. The predicted molar refractivity (Wildman–Crippen MR) is 72.3 cm³/mol. The van der Waals surface area contributed by atoms with E-state index in [0.29, 0.717) is 18.6 Å². The summed E-state index contributed by atoms with van der Waals surface area (Å²) in [6.45, 7) is 5.12. The first-order valence-electron chi connectivity index (χ1n) is 6.58. The van der Waals surface area contributed by atoms with Crippen molar-refractivity contribution < 1.29 is 14.6 Å². The van der Waals surface area contributed by atoms with Crippen LogP contribution in [0.4, 0.5) is 0 Å². The van der Waals surface area contributed by atoms with E-state index in [1.54, 1.807) is 12.1 Å². The van der Waals surface area contributed by atoms with Crippen molar-refractivity contribution in [2.75, 3.05) is 6.61 Å². The minimum absolute atomic E-state index is 0.00544. The van der Waals surface area contributed by atoms with E-state index in [1.165, 1.54) is 18.9 Å². The highest BCUT2D eigenvalue weighted by atomic mass is 16.5. The van der Waals surface area contributed by atoms with Crippen LogP contribution in [-0.2, 0) is 0 Å². The maximum atomic E-state index is 10.6. The number of hydrogen-bond donors (Lipinski definition) is 1. The molecule has 0 spiro atoms. The fourth-order valence-electron chi connectivity index (χ4n) is 1.71. The Bertz CT molecular complexity index is 374. The Morgan fingerprint density at radius 2 is 2.17 bits per heavy atom. The number of rotatable bonds is 8. The minimum Gasteiger partial charge on any atom is -0.507 e. The fourth-order valence-corrected chi connectivity index (χ4v) is 1.71. The van der Waals surface area contributed by atoms with Gasteiger partial charge in [0, 0.05) is 0 Å². The van der Waals surface area contributed by atoms with Gasteiger partial charge in [0.25, 0.3) is 0 Å². The molecule has 1 atom stereocenters. The standard InChI is InChI=1S/C15H22O3/c1-3-12(2)6-4-5-9-18-14-7-8-15(17)13(10-14)11-16/h7-8,10-12,17H,3-6,9H2,1-2H3. The molecule has 0 aromatic heterocycles. The van der Waals surface area contributed by atoms with E-state index < -0.39 is 0 Å². The number of phenolic OH excluding ortho intramolecular Hbond substituents is 1. The monoisotopic (exact) mass is 250 g/mol. The van der Waals surface area contributed by atoms with E-state index in [9.17, 15) is 9.90 Å². The van der Waals surface area contributed by atoms with E-state index in [4.69, 9.17) is 4.74 Å². The van der Waals surface area contributed by atoms with Gasteiger partial charge >= 0.3 is 0 Å². The number of benzene rings is 1. The summed E-state index contributed by atoms with van der Waals surface area (Å²) in [6.07, 6.45) is 5.26. The molecule has 0 saturated heterocycles. The number of carbonyl (C=O) groups excluding carboxylic acids is 1. The molecule has 1 aromatic carbocycles. The Morgan fingerprint density at radius 3 is 2.83 bits per heavy atom. The van der Waals surface area contributed by atoms with Gasteiger partial charge in [0.2, 0.25) is 0 Å². The van der Waals surface area contributed by atoms with Crippen molar-refractivity contribution in [3.05, 3.63) is 23.8 Å². The Kier molecular flexibility index (Phi) is 6.26. The normalized spacial score (nSPS) is 12.1. The van der Waals surface area contributed by atoms with Gasteiger partial charge in [-0.15, -0.1) is 0 Å². The molecule has 3 nitrogen and oxygen atoms in total. The summed E-state index contributed by atoms with van der Waals surface area (Å²) in [6, 6.07) is 4.73. The molecule has 0 amide bonds. The molecule has 0 aliphatic carbocycles. The Morgan fingerprint density at radius 1 is 1.39 bits per heavy atom. The molecule has 1 aromatic rings. The van der Waals surface area contributed by atoms with Crippen LogP contribution in [0, 0.1) is 5.92 Å². The highest BCUT2D eigenvalue weighted by Crippen LogP contribution is 2.21. The molecule has 0 radical (unpaired) electrons. The molecule has 0 aliphatic rings. The molecule has 0 fully saturated rings. The molecular formula is C15H22O3. The number of hydrogen-bond acceptors (Lipinski definition) is 3. The fraction of sp³-hybridized carbons (Fsp3) is 0.533. The van der Waals surface area contributed by atoms with Gasteiger partial charge in [-0.25, -0.2) is 0 Å². The zero-order chi connectivity index (χ0) is 13.4. The van der Waals surface area contributed by atoms with Crippen molar-refractivity contribution in [1.82, 2.24) is 0 Å². The summed E-state index contributed by atoms with van der Waals surface area (Å²) in [5.74, 6) is 1.41. The predicted octanol–water partition coefficient (Wildman–Crippen LogP) is 3.80. The number of carbonyl (C=O) groups is 1. The van der Waals surface area contributed by atoms with E-state index in [2.05, 4.69) is 13.8 Å². The number of phenols is 1.